The molecular weight excluding hydrogens is 361 g/mol. The van der Waals surface area contributed by atoms with E-state index in [-0.39, 0.29) is 0 Å². The smallest absolute Gasteiger partial charge is 0.0521 e. The minimum absolute atomic E-state index is 0.423. The molecule has 0 bridgehead atoms. The minimum Gasteiger partial charge on any atom is -0.310 e. The molecule has 0 aliphatic carbocycles. The third kappa shape index (κ3) is 4.59. The van der Waals surface area contributed by atoms with E-state index in [2.05, 4.69) is 70.4 Å². The highest BCUT2D eigenvalue weighted by Crippen LogP contribution is 2.20. The van der Waals surface area contributed by atoms with Crippen LogP contribution in [0.1, 0.15) is 36.9 Å². The van der Waals surface area contributed by atoms with Gasteiger partial charge in [-0.15, -0.1) is 0 Å². The van der Waals surface area contributed by atoms with Crippen LogP contribution < -0.4 is 5.32 Å². The predicted octanol–water partition coefficient (Wildman–Crippen LogP) is 3.70. The minimum atomic E-state index is 0.423. The van der Waals surface area contributed by atoms with Crippen LogP contribution in [0.4, 0.5) is 0 Å². The summed E-state index contributed by atoms with van der Waals surface area (Å²) in [5.74, 6) is 0. The number of aryl methyl sites for hydroxylation is 2. The molecule has 0 aliphatic rings. The quantitative estimate of drug-likeness (QED) is 0.739. The van der Waals surface area contributed by atoms with Gasteiger partial charge in [0.05, 0.1) is 6.20 Å². The first kappa shape index (κ1) is 15.5. The molecule has 0 saturated carbocycles. The molecule has 0 spiro atoms. The number of hydrogen-bond acceptors (Lipinski definition) is 2. The fourth-order valence-electron chi connectivity index (χ4n) is 2.31. The van der Waals surface area contributed by atoms with E-state index < -0.39 is 0 Å². The highest BCUT2D eigenvalue weighted by molar-refractivity contribution is 14.1. The molecule has 0 amide bonds. The number of hydrogen-bond donors (Lipinski definition) is 1. The number of nitrogens with one attached hydrogen (secondary N) is 1. The lowest BCUT2D eigenvalue weighted by atomic mass is 10.00. The Hall–Kier alpha value is -0.880. The zero-order valence-electron chi connectivity index (χ0n) is 12.1. The molecule has 0 saturated heterocycles. The van der Waals surface area contributed by atoms with Crippen LogP contribution in [-0.2, 0) is 13.5 Å². The highest BCUT2D eigenvalue weighted by atomic mass is 127. The lowest BCUT2D eigenvalue weighted by Gasteiger charge is -2.19. The Labute approximate surface area is 134 Å². The Kier molecular flexibility index (Phi) is 6.04. The van der Waals surface area contributed by atoms with Crippen molar-refractivity contribution in [2.45, 2.75) is 32.2 Å². The topological polar surface area (TPSA) is 29.9 Å². The molecule has 0 aliphatic heterocycles. The van der Waals surface area contributed by atoms with Crippen LogP contribution in [0.3, 0.4) is 0 Å². The van der Waals surface area contributed by atoms with Gasteiger partial charge in [0.2, 0.25) is 0 Å². The van der Waals surface area contributed by atoms with Gasteiger partial charge in [-0.1, -0.05) is 19.1 Å². The first-order valence-electron chi connectivity index (χ1n) is 7.15. The Morgan fingerprint density at radius 1 is 1.30 bits per heavy atom. The molecule has 1 atom stereocenters. The van der Waals surface area contributed by atoms with Gasteiger partial charge in [0.25, 0.3) is 0 Å². The molecule has 1 aromatic carbocycles. The Morgan fingerprint density at radius 3 is 2.65 bits per heavy atom. The van der Waals surface area contributed by atoms with Crippen LogP contribution in [0.2, 0.25) is 0 Å². The monoisotopic (exact) mass is 383 g/mol. The van der Waals surface area contributed by atoms with Crippen molar-refractivity contribution in [3.63, 3.8) is 0 Å². The SMILES string of the molecule is CCCNC(CCc1cnn(C)c1)c1ccc(I)cc1. The second-order valence-electron chi connectivity index (χ2n) is 5.12. The van der Waals surface area contributed by atoms with Crippen LogP contribution >= 0.6 is 22.6 Å². The first-order chi connectivity index (χ1) is 9.69. The summed E-state index contributed by atoms with van der Waals surface area (Å²) in [6.07, 6.45) is 7.39. The van der Waals surface area contributed by atoms with Gasteiger partial charge in [-0.3, -0.25) is 4.68 Å². The average molecular weight is 383 g/mol. The average Bonchev–Trinajstić information content (AvgIpc) is 2.86. The van der Waals surface area contributed by atoms with Crippen molar-refractivity contribution < 1.29 is 0 Å². The predicted molar refractivity (Wildman–Crippen MR) is 91.7 cm³/mol. The largest absolute Gasteiger partial charge is 0.310 e. The number of benzene rings is 1. The molecule has 4 heteroatoms. The summed E-state index contributed by atoms with van der Waals surface area (Å²) in [6.45, 7) is 3.27. The highest BCUT2D eigenvalue weighted by Gasteiger charge is 2.11. The van der Waals surface area contributed by atoms with E-state index in [0.29, 0.717) is 6.04 Å². The first-order valence-corrected chi connectivity index (χ1v) is 8.23. The Balaban J connectivity index is 2.01. The van der Waals surface area contributed by atoms with E-state index in [1.54, 1.807) is 0 Å². The van der Waals surface area contributed by atoms with Gasteiger partial charge >= 0.3 is 0 Å². The summed E-state index contributed by atoms with van der Waals surface area (Å²) >= 11 is 2.35. The second-order valence-corrected chi connectivity index (χ2v) is 6.36. The molecule has 1 heterocycles. The number of halogens is 1. The summed E-state index contributed by atoms with van der Waals surface area (Å²) in [5.41, 5.74) is 2.68. The van der Waals surface area contributed by atoms with Crippen LogP contribution in [0.15, 0.2) is 36.7 Å². The van der Waals surface area contributed by atoms with Crippen molar-refractivity contribution in [3.05, 3.63) is 51.4 Å². The van der Waals surface area contributed by atoms with Crippen LogP contribution in [0, 0.1) is 3.57 Å². The van der Waals surface area contributed by atoms with Crippen LogP contribution in [-0.4, -0.2) is 16.3 Å². The van der Waals surface area contributed by atoms with Gasteiger partial charge in [0, 0.05) is 22.9 Å². The van der Waals surface area contributed by atoms with Gasteiger partial charge in [-0.05, 0) is 71.7 Å². The lowest BCUT2D eigenvalue weighted by molar-refractivity contribution is 0.499. The van der Waals surface area contributed by atoms with Crippen molar-refractivity contribution in [1.29, 1.82) is 0 Å². The molecule has 2 rings (SSSR count). The molecule has 108 valence electrons. The van der Waals surface area contributed by atoms with E-state index in [4.69, 9.17) is 0 Å². The zero-order valence-corrected chi connectivity index (χ0v) is 14.3. The molecule has 20 heavy (non-hydrogen) atoms. The number of aromatic nitrogens is 2. The maximum atomic E-state index is 4.24. The molecule has 3 nitrogen and oxygen atoms in total. The standard InChI is InChI=1S/C16H22IN3/c1-3-10-18-16(14-5-7-15(17)8-6-14)9-4-13-11-19-20(2)12-13/h5-8,11-12,16,18H,3-4,9-10H2,1-2H3. The van der Waals surface area contributed by atoms with Gasteiger partial charge < -0.3 is 5.32 Å². The Bertz CT molecular complexity index is 519. The fraction of sp³-hybridized carbons (Fsp3) is 0.438. The van der Waals surface area contributed by atoms with Crippen molar-refractivity contribution in [2.75, 3.05) is 6.54 Å². The summed E-state index contributed by atoms with van der Waals surface area (Å²) in [6, 6.07) is 9.25. The summed E-state index contributed by atoms with van der Waals surface area (Å²) in [4.78, 5) is 0. The summed E-state index contributed by atoms with van der Waals surface area (Å²) in [5, 5.41) is 7.89. The molecule has 1 N–H and O–H groups in total. The van der Waals surface area contributed by atoms with Gasteiger partial charge in [0.1, 0.15) is 0 Å². The summed E-state index contributed by atoms with van der Waals surface area (Å²) in [7, 11) is 1.97. The molecule has 1 aromatic heterocycles. The molecule has 0 radical (unpaired) electrons. The fourth-order valence-corrected chi connectivity index (χ4v) is 2.67. The van der Waals surface area contributed by atoms with E-state index in [1.807, 2.05) is 17.9 Å². The molecule has 0 fully saturated rings. The van der Waals surface area contributed by atoms with Crippen LogP contribution in [0.5, 0.6) is 0 Å². The van der Waals surface area contributed by atoms with Gasteiger partial charge in [-0.25, -0.2) is 0 Å². The van der Waals surface area contributed by atoms with E-state index in [1.165, 1.54) is 14.7 Å². The summed E-state index contributed by atoms with van der Waals surface area (Å²) < 4.78 is 3.15. The van der Waals surface area contributed by atoms with Gasteiger partial charge in [0.15, 0.2) is 0 Å². The van der Waals surface area contributed by atoms with E-state index in [0.717, 1.165) is 25.8 Å². The van der Waals surface area contributed by atoms with Crippen molar-refractivity contribution in [3.8, 4) is 0 Å². The van der Waals surface area contributed by atoms with E-state index >= 15 is 0 Å². The lowest BCUT2D eigenvalue weighted by Crippen LogP contribution is -2.22. The third-order valence-corrected chi connectivity index (χ3v) is 4.11. The molecule has 1 unspecified atom stereocenters. The normalized spacial score (nSPS) is 12.6. The third-order valence-electron chi connectivity index (χ3n) is 3.39. The number of rotatable bonds is 7. The maximum absolute atomic E-state index is 4.24. The molecular formula is C16H22IN3. The van der Waals surface area contributed by atoms with E-state index in [9.17, 15) is 0 Å². The molecule has 2 aromatic rings. The van der Waals surface area contributed by atoms with Crippen molar-refractivity contribution >= 4 is 22.6 Å². The van der Waals surface area contributed by atoms with Crippen molar-refractivity contribution in [1.82, 2.24) is 15.1 Å². The number of nitrogens with zero attached hydrogens (tertiary/aromatic N) is 2. The maximum Gasteiger partial charge on any atom is 0.0521 e. The van der Waals surface area contributed by atoms with Crippen LogP contribution in [0.25, 0.3) is 0 Å². The van der Waals surface area contributed by atoms with Crippen molar-refractivity contribution in [2.24, 2.45) is 7.05 Å². The van der Waals surface area contributed by atoms with Gasteiger partial charge in [-0.2, -0.15) is 5.10 Å². The zero-order chi connectivity index (χ0) is 14.4. The second kappa shape index (κ2) is 7.78. The Morgan fingerprint density at radius 2 is 2.05 bits per heavy atom.